The van der Waals surface area contributed by atoms with E-state index in [1.54, 1.807) is 30.3 Å². The second kappa shape index (κ2) is 7.50. The lowest BCUT2D eigenvalue weighted by atomic mass is 9.99. The van der Waals surface area contributed by atoms with Gasteiger partial charge in [0.05, 0.1) is 13.7 Å². The third-order valence-electron chi connectivity index (χ3n) is 5.16. The lowest BCUT2D eigenvalue weighted by molar-refractivity contribution is -0.122. The number of carbonyl (C=O) groups is 4. The molecule has 1 fully saturated rings. The minimum absolute atomic E-state index is 0.132. The van der Waals surface area contributed by atoms with Crippen LogP contribution in [0.2, 0.25) is 0 Å². The van der Waals surface area contributed by atoms with Crippen molar-refractivity contribution in [3.05, 3.63) is 64.7 Å². The fraction of sp³-hybridized carbons (Fsp3) is 0.182. The number of methoxy groups -OCH3 is 1. The Labute approximate surface area is 177 Å². The van der Waals surface area contributed by atoms with Gasteiger partial charge in [-0.1, -0.05) is 17.9 Å². The number of nitrogens with two attached hydrogens (primary N) is 1. The standard InChI is InChI=1S/C22H18N4O5/c1-31-16-7-6-15-11-26(19(28)17(15)10-16)12-22(20(29)24-21(30)25-22)9-8-13-2-4-14(5-3-13)18(23)27/h2-7,10H,11-12H2,1H3,(H2,23,27)(H2,24,25,29,30)/t22-/m1/s1. The summed E-state index contributed by atoms with van der Waals surface area (Å²) in [6.07, 6.45) is 0. The molecule has 4 N–H and O–H groups in total. The van der Waals surface area contributed by atoms with Gasteiger partial charge >= 0.3 is 6.03 Å². The smallest absolute Gasteiger partial charge is 0.323 e. The fourth-order valence-corrected chi connectivity index (χ4v) is 3.51. The van der Waals surface area contributed by atoms with Crippen LogP contribution < -0.4 is 21.1 Å². The maximum Gasteiger partial charge on any atom is 0.323 e. The maximum absolute atomic E-state index is 12.9. The molecule has 0 unspecified atom stereocenters. The molecule has 5 amide bonds. The number of amides is 5. The summed E-state index contributed by atoms with van der Waals surface area (Å²) in [7, 11) is 1.51. The number of imide groups is 1. The Morgan fingerprint density at radius 1 is 1.19 bits per heavy atom. The Kier molecular flexibility index (Phi) is 4.83. The van der Waals surface area contributed by atoms with Crippen LogP contribution in [0, 0.1) is 11.8 Å². The third kappa shape index (κ3) is 3.67. The van der Waals surface area contributed by atoms with Gasteiger partial charge in [-0.05, 0) is 42.0 Å². The number of primary amides is 1. The zero-order valence-electron chi connectivity index (χ0n) is 16.5. The first-order valence-electron chi connectivity index (χ1n) is 9.34. The second-order valence-electron chi connectivity index (χ2n) is 7.19. The summed E-state index contributed by atoms with van der Waals surface area (Å²) >= 11 is 0. The summed E-state index contributed by atoms with van der Waals surface area (Å²) in [5, 5.41) is 4.73. The molecular weight excluding hydrogens is 400 g/mol. The summed E-state index contributed by atoms with van der Waals surface area (Å²) in [5.74, 6) is 4.71. The highest BCUT2D eigenvalue weighted by molar-refractivity contribution is 6.10. The van der Waals surface area contributed by atoms with Crippen LogP contribution in [0.1, 0.15) is 31.8 Å². The van der Waals surface area contributed by atoms with Gasteiger partial charge in [-0.25, -0.2) is 4.79 Å². The van der Waals surface area contributed by atoms with Gasteiger partial charge < -0.3 is 20.7 Å². The van der Waals surface area contributed by atoms with Crippen molar-refractivity contribution in [2.45, 2.75) is 12.1 Å². The summed E-state index contributed by atoms with van der Waals surface area (Å²) in [6, 6.07) is 10.7. The van der Waals surface area contributed by atoms with Crippen LogP contribution >= 0.6 is 0 Å². The average molecular weight is 418 g/mol. The predicted octanol–water partition coefficient (Wildman–Crippen LogP) is 0.380. The Morgan fingerprint density at radius 3 is 2.55 bits per heavy atom. The van der Waals surface area contributed by atoms with Crippen LogP contribution in [0.15, 0.2) is 42.5 Å². The van der Waals surface area contributed by atoms with Gasteiger partial charge in [-0.3, -0.25) is 19.7 Å². The van der Waals surface area contributed by atoms with Crippen LogP contribution in [0.3, 0.4) is 0 Å². The lowest BCUT2D eigenvalue weighted by Gasteiger charge is -2.26. The van der Waals surface area contributed by atoms with E-state index >= 15 is 0 Å². The summed E-state index contributed by atoms with van der Waals surface area (Å²) in [4.78, 5) is 50.1. The molecule has 2 aromatic carbocycles. The van der Waals surface area contributed by atoms with Crippen molar-refractivity contribution in [1.82, 2.24) is 15.5 Å². The monoisotopic (exact) mass is 418 g/mol. The van der Waals surface area contributed by atoms with Gasteiger partial charge in [-0.2, -0.15) is 0 Å². The molecule has 2 aliphatic rings. The molecule has 0 aliphatic carbocycles. The molecule has 2 heterocycles. The maximum atomic E-state index is 12.9. The van der Waals surface area contributed by atoms with E-state index in [1.807, 2.05) is 0 Å². The zero-order chi connectivity index (χ0) is 22.2. The third-order valence-corrected chi connectivity index (χ3v) is 5.16. The predicted molar refractivity (Wildman–Crippen MR) is 109 cm³/mol. The van der Waals surface area contributed by atoms with E-state index < -0.39 is 23.4 Å². The van der Waals surface area contributed by atoms with Gasteiger partial charge in [0.25, 0.3) is 11.8 Å². The van der Waals surface area contributed by atoms with Crippen molar-refractivity contribution in [3.8, 4) is 17.6 Å². The summed E-state index contributed by atoms with van der Waals surface area (Å²) in [5.41, 5.74) is 5.73. The van der Waals surface area contributed by atoms with E-state index in [4.69, 9.17) is 10.5 Å². The molecule has 9 nitrogen and oxygen atoms in total. The first kappa shape index (κ1) is 20.0. The van der Waals surface area contributed by atoms with E-state index in [0.29, 0.717) is 22.4 Å². The van der Waals surface area contributed by atoms with Gasteiger partial charge in [0, 0.05) is 23.2 Å². The molecule has 0 radical (unpaired) electrons. The van der Waals surface area contributed by atoms with E-state index in [2.05, 4.69) is 22.5 Å². The van der Waals surface area contributed by atoms with Crippen molar-refractivity contribution >= 4 is 23.8 Å². The van der Waals surface area contributed by atoms with Crippen LogP contribution in [-0.4, -0.2) is 47.8 Å². The molecular formula is C22H18N4O5. The first-order valence-corrected chi connectivity index (χ1v) is 9.34. The van der Waals surface area contributed by atoms with Crippen molar-refractivity contribution < 1.29 is 23.9 Å². The highest BCUT2D eigenvalue weighted by Crippen LogP contribution is 2.28. The van der Waals surface area contributed by atoms with Crippen LogP contribution in [0.5, 0.6) is 5.75 Å². The van der Waals surface area contributed by atoms with Gasteiger partial charge in [0.2, 0.25) is 11.4 Å². The molecule has 9 heteroatoms. The number of hydrogen-bond donors (Lipinski definition) is 3. The second-order valence-corrected chi connectivity index (χ2v) is 7.19. The Bertz CT molecular complexity index is 1180. The average Bonchev–Trinajstić information content (AvgIpc) is 3.21. The minimum Gasteiger partial charge on any atom is -0.497 e. The van der Waals surface area contributed by atoms with E-state index in [-0.39, 0.29) is 19.0 Å². The number of nitrogens with zero attached hydrogens (tertiary/aromatic N) is 1. The molecule has 0 spiro atoms. The summed E-state index contributed by atoms with van der Waals surface area (Å²) < 4.78 is 5.17. The zero-order valence-corrected chi connectivity index (χ0v) is 16.5. The van der Waals surface area contributed by atoms with Crippen molar-refractivity contribution in [3.63, 3.8) is 0 Å². The SMILES string of the molecule is COc1ccc2c(c1)C(=O)N(C[C@@]1(C#Cc3ccc(C(N)=O)cc3)NC(=O)NC1=O)C2. The Morgan fingerprint density at radius 2 is 1.94 bits per heavy atom. The molecule has 2 aliphatic heterocycles. The number of benzene rings is 2. The number of rotatable bonds is 4. The van der Waals surface area contributed by atoms with Crippen LogP contribution in [0.4, 0.5) is 4.79 Å². The minimum atomic E-state index is -1.61. The molecule has 156 valence electrons. The van der Waals surface area contributed by atoms with Crippen molar-refractivity contribution in [2.24, 2.45) is 5.73 Å². The molecule has 0 saturated carbocycles. The van der Waals surface area contributed by atoms with Crippen molar-refractivity contribution in [2.75, 3.05) is 13.7 Å². The largest absolute Gasteiger partial charge is 0.497 e. The topological polar surface area (TPSA) is 131 Å². The van der Waals surface area contributed by atoms with Crippen molar-refractivity contribution in [1.29, 1.82) is 0 Å². The number of ether oxygens (including phenoxy) is 1. The van der Waals surface area contributed by atoms with E-state index in [1.165, 1.54) is 24.1 Å². The van der Waals surface area contributed by atoms with Gasteiger partial charge in [-0.15, -0.1) is 0 Å². The summed E-state index contributed by atoms with van der Waals surface area (Å²) in [6.45, 7) is 0.144. The number of carbonyl (C=O) groups excluding carboxylic acids is 4. The number of hydrogen-bond acceptors (Lipinski definition) is 5. The normalized spacial score (nSPS) is 19.3. The molecule has 4 rings (SSSR count). The molecule has 2 aromatic rings. The number of fused-ring (bicyclic) bond motifs is 1. The quantitative estimate of drug-likeness (QED) is 0.488. The molecule has 1 atom stereocenters. The van der Waals surface area contributed by atoms with Crippen LogP contribution in [0.25, 0.3) is 0 Å². The van der Waals surface area contributed by atoms with Gasteiger partial charge in [0.1, 0.15) is 5.75 Å². The molecule has 0 aromatic heterocycles. The van der Waals surface area contributed by atoms with Crippen LogP contribution in [-0.2, 0) is 11.3 Å². The van der Waals surface area contributed by atoms with Gasteiger partial charge in [0.15, 0.2) is 0 Å². The Balaban J connectivity index is 1.63. The number of urea groups is 1. The van der Waals surface area contributed by atoms with E-state index in [9.17, 15) is 19.2 Å². The fourth-order valence-electron chi connectivity index (χ4n) is 3.51. The molecule has 31 heavy (non-hydrogen) atoms. The molecule has 0 bridgehead atoms. The Hall–Kier alpha value is -4.32. The highest BCUT2D eigenvalue weighted by Gasteiger charge is 2.48. The highest BCUT2D eigenvalue weighted by atomic mass is 16.5. The first-order chi connectivity index (χ1) is 14.8. The number of nitrogens with one attached hydrogen (secondary N) is 2. The lowest BCUT2D eigenvalue weighted by Crippen LogP contribution is -2.54. The molecule has 1 saturated heterocycles. The van der Waals surface area contributed by atoms with E-state index in [0.717, 1.165) is 5.56 Å².